The number of rotatable bonds is 7. The minimum Gasteiger partial charge on any atom is -0.493 e. The molecule has 0 saturated carbocycles. The van der Waals surface area contributed by atoms with Crippen LogP contribution in [0.3, 0.4) is 0 Å². The third-order valence-electron chi connectivity index (χ3n) is 4.23. The Kier molecular flexibility index (Phi) is 5.91. The van der Waals surface area contributed by atoms with Crippen LogP contribution >= 0.6 is 0 Å². The van der Waals surface area contributed by atoms with Gasteiger partial charge >= 0.3 is 0 Å². The fourth-order valence-corrected chi connectivity index (χ4v) is 2.63. The highest BCUT2D eigenvalue weighted by Gasteiger charge is 2.16. The molecule has 0 aliphatic heterocycles. The molecule has 2 rings (SSSR count). The van der Waals surface area contributed by atoms with Crippen LogP contribution in [0, 0.1) is 20.8 Å². The fourth-order valence-electron chi connectivity index (χ4n) is 2.63. The highest BCUT2D eigenvalue weighted by molar-refractivity contribution is 6.02. The maximum absolute atomic E-state index is 12.5. The fraction of sp³-hybridized carbons (Fsp3) is 0.350. The van der Waals surface area contributed by atoms with E-state index in [1.165, 1.54) is 7.11 Å². The number of ether oxygens (including phenoxy) is 2. The van der Waals surface area contributed by atoms with Crippen molar-refractivity contribution in [2.24, 2.45) is 0 Å². The highest BCUT2D eigenvalue weighted by atomic mass is 16.5. The Balaban J connectivity index is 2.10. The summed E-state index contributed by atoms with van der Waals surface area (Å²) in [6, 6.07) is 5.22. The third-order valence-corrected chi connectivity index (χ3v) is 4.23. The van der Waals surface area contributed by atoms with Crippen molar-refractivity contribution in [1.82, 2.24) is 4.98 Å². The van der Waals surface area contributed by atoms with Gasteiger partial charge < -0.3 is 9.47 Å². The first-order chi connectivity index (χ1) is 11.9. The molecule has 1 aromatic carbocycles. The molecule has 1 aromatic heterocycles. The van der Waals surface area contributed by atoms with Crippen LogP contribution in [0.5, 0.6) is 11.5 Å². The van der Waals surface area contributed by atoms with Crippen LogP contribution in [-0.4, -0.2) is 30.8 Å². The molecule has 0 fully saturated rings. The number of pyridine rings is 1. The average molecular weight is 341 g/mol. The van der Waals surface area contributed by atoms with Crippen molar-refractivity contribution >= 4 is 11.6 Å². The first kappa shape index (κ1) is 18.6. The van der Waals surface area contributed by atoms with Crippen LogP contribution in [-0.2, 0) is 0 Å². The quantitative estimate of drug-likeness (QED) is 0.715. The minimum absolute atomic E-state index is 0.0823. The lowest BCUT2D eigenvalue weighted by atomic mass is 9.99. The number of ketones is 2. The molecule has 1 heterocycles. The van der Waals surface area contributed by atoms with E-state index in [1.54, 1.807) is 25.4 Å². The SMILES string of the molecule is COc1cc(C(=O)CCC(=O)c2cnc(C)c(C)c2)cc(C)c1OC. The van der Waals surface area contributed by atoms with E-state index in [9.17, 15) is 9.59 Å². The van der Waals surface area contributed by atoms with Crippen molar-refractivity contribution in [3.63, 3.8) is 0 Å². The van der Waals surface area contributed by atoms with E-state index in [0.717, 1.165) is 16.8 Å². The molecule has 0 saturated heterocycles. The van der Waals surface area contributed by atoms with E-state index in [4.69, 9.17) is 9.47 Å². The zero-order chi connectivity index (χ0) is 18.6. The molecule has 0 aliphatic rings. The summed E-state index contributed by atoms with van der Waals surface area (Å²) in [7, 11) is 3.09. The molecule has 0 amide bonds. The second-order valence-corrected chi connectivity index (χ2v) is 6.00. The number of Topliss-reactive ketones (excluding diaryl/α,β-unsaturated/α-hetero) is 2. The number of nitrogens with zero attached hydrogens (tertiary/aromatic N) is 1. The summed E-state index contributed by atoms with van der Waals surface area (Å²) < 4.78 is 10.6. The van der Waals surface area contributed by atoms with Gasteiger partial charge in [-0.1, -0.05) is 0 Å². The van der Waals surface area contributed by atoms with Crippen molar-refractivity contribution in [2.75, 3.05) is 14.2 Å². The molecule has 5 nitrogen and oxygen atoms in total. The van der Waals surface area contributed by atoms with Gasteiger partial charge in [0.15, 0.2) is 23.1 Å². The lowest BCUT2D eigenvalue weighted by Crippen LogP contribution is -2.07. The highest BCUT2D eigenvalue weighted by Crippen LogP contribution is 2.32. The largest absolute Gasteiger partial charge is 0.493 e. The molecule has 0 radical (unpaired) electrons. The standard InChI is InChI=1S/C20H23NO4/c1-12-8-16(11-21-14(12)3)18(23)7-6-17(22)15-9-13(2)20(25-5)19(10-15)24-4/h8-11H,6-7H2,1-5H3. The van der Waals surface area contributed by atoms with Gasteiger partial charge in [0, 0.05) is 35.9 Å². The molecule has 0 atom stereocenters. The number of benzene rings is 1. The van der Waals surface area contributed by atoms with Gasteiger partial charge in [0.1, 0.15) is 0 Å². The number of carbonyl (C=O) groups is 2. The second kappa shape index (κ2) is 7.92. The van der Waals surface area contributed by atoms with E-state index in [2.05, 4.69) is 4.98 Å². The summed E-state index contributed by atoms with van der Waals surface area (Å²) in [5.41, 5.74) is 3.73. The Morgan fingerprint density at radius 1 is 0.880 bits per heavy atom. The number of hydrogen-bond donors (Lipinski definition) is 0. The summed E-state index contributed by atoms with van der Waals surface area (Å²) in [6.07, 6.45) is 1.85. The Hall–Kier alpha value is -2.69. The summed E-state index contributed by atoms with van der Waals surface area (Å²) >= 11 is 0. The first-order valence-corrected chi connectivity index (χ1v) is 8.09. The summed E-state index contributed by atoms with van der Waals surface area (Å²) in [5, 5.41) is 0. The van der Waals surface area contributed by atoms with Crippen LogP contribution in [0.2, 0.25) is 0 Å². The predicted octanol–water partition coefficient (Wildman–Crippen LogP) is 3.87. The Morgan fingerprint density at radius 2 is 1.48 bits per heavy atom. The van der Waals surface area contributed by atoms with E-state index in [0.29, 0.717) is 22.6 Å². The molecule has 0 bridgehead atoms. The van der Waals surface area contributed by atoms with Gasteiger partial charge in [-0.25, -0.2) is 0 Å². The first-order valence-electron chi connectivity index (χ1n) is 8.09. The van der Waals surface area contributed by atoms with E-state index >= 15 is 0 Å². The maximum Gasteiger partial charge on any atom is 0.164 e. The zero-order valence-corrected chi connectivity index (χ0v) is 15.3. The van der Waals surface area contributed by atoms with Crippen molar-refractivity contribution in [3.05, 3.63) is 52.3 Å². The maximum atomic E-state index is 12.5. The van der Waals surface area contributed by atoms with E-state index in [1.807, 2.05) is 26.8 Å². The smallest absolute Gasteiger partial charge is 0.164 e. The Labute approximate surface area is 148 Å². The lowest BCUT2D eigenvalue weighted by molar-refractivity contribution is 0.0917. The number of aryl methyl sites for hydroxylation is 3. The molecule has 0 aliphatic carbocycles. The van der Waals surface area contributed by atoms with E-state index in [-0.39, 0.29) is 24.4 Å². The van der Waals surface area contributed by atoms with Gasteiger partial charge in [-0.05, 0) is 50.1 Å². The second-order valence-electron chi connectivity index (χ2n) is 6.00. The van der Waals surface area contributed by atoms with Gasteiger partial charge in [0.2, 0.25) is 0 Å². The lowest BCUT2D eigenvalue weighted by Gasteiger charge is -2.12. The van der Waals surface area contributed by atoms with Gasteiger partial charge in [-0.3, -0.25) is 14.6 Å². The summed E-state index contributed by atoms with van der Waals surface area (Å²) in [4.78, 5) is 29.0. The van der Waals surface area contributed by atoms with Crippen molar-refractivity contribution in [2.45, 2.75) is 33.6 Å². The molecular formula is C20H23NO4. The Bertz CT molecular complexity index is 812. The summed E-state index contributed by atoms with van der Waals surface area (Å²) in [6.45, 7) is 5.66. The van der Waals surface area contributed by atoms with E-state index < -0.39 is 0 Å². The number of methoxy groups -OCH3 is 2. The molecule has 0 N–H and O–H groups in total. The molecule has 132 valence electrons. The van der Waals surface area contributed by atoms with Crippen LogP contribution < -0.4 is 9.47 Å². The van der Waals surface area contributed by atoms with Crippen molar-refractivity contribution < 1.29 is 19.1 Å². The third kappa shape index (κ3) is 4.24. The Morgan fingerprint density at radius 3 is 2.04 bits per heavy atom. The zero-order valence-electron chi connectivity index (χ0n) is 15.3. The van der Waals surface area contributed by atoms with Gasteiger partial charge in [-0.15, -0.1) is 0 Å². The monoisotopic (exact) mass is 341 g/mol. The topological polar surface area (TPSA) is 65.5 Å². The van der Waals surface area contributed by atoms with Crippen LogP contribution in [0.25, 0.3) is 0 Å². The van der Waals surface area contributed by atoms with Crippen molar-refractivity contribution in [3.8, 4) is 11.5 Å². The van der Waals surface area contributed by atoms with Gasteiger partial charge in [0.05, 0.1) is 14.2 Å². The summed E-state index contributed by atoms with van der Waals surface area (Å²) in [5.74, 6) is 0.933. The molecule has 0 spiro atoms. The van der Waals surface area contributed by atoms with Crippen LogP contribution in [0.15, 0.2) is 24.4 Å². The minimum atomic E-state index is -0.103. The normalized spacial score (nSPS) is 10.4. The number of aromatic nitrogens is 1. The molecule has 5 heteroatoms. The predicted molar refractivity (Wildman–Crippen MR) is 95.9 cm³/mol. The van der Waals surface area contributed by atoms with Crippen molar-refractivity contribution in [1.29, 1.82) is 0 Å². The van der Waals surface area contributed by atoms with Gasteiger partial charge in [0.25, 0.3) is 0 Å². The number of carbonyl (C=O) groups excluding carboxylic acids is 2. The van der Waals surface area contributed by atoms with Crippen LogP contribution in [0.1, 0.15) is 50.4 Å². The molecular weight excluding hydrogens is 318 g/mol. The molecule has 25 heavy (non-hydrogen) atoms. The van der Waals surface area contributed by atoms with Crippen LogP contribution in [0.4, 0.5) is 0 Å². The molecule has 0 unspecified atom stereocenters. The van der Waals surface area contributed by atoms with Gasteiger partial charge in [-0.2, -0.15) is 0 Å². The molecule has 2 aromatic rings. The number of hydrogen-bond acceptors (Lipinski definition) is 5. The average Bonchev–Trinajstić information content (AvgIpc) is 2.60.